The van der Waals surface area contributed by atoms with E-state index in [1.165, 1.54) is 109 Å². The maximum atomic E-state index is 11.5. The lowest BCUT2D eigenvalue weighted by atomic mass is 10.0. The number of carbonyl (C=O) groups excluding carboxylic acids is 1. The smallest absolute Gasteiger partial charge is 0.306 e. The number of carboxylic acids is 3. The van der Waals surface area contributed by atoms with Crippen molar-refractivity contribution in [1.29, 1.82) is 0 Å². The van der Waals surface area contributed by atoms with Crippen LogP contribution in [-0.2, 0) is 14.4 Å². The van der Waals surface area contributed by atoms with Crippen LogP contribution in [0.4, 0.5) is 0 Å². The zero-order chi connectivity index (χ0) is 33.8. The van der Waals surface area contributed by atoms with Crippen molar-refractivity contribution in [1.82, 2.24) is 0 Å². The Bertz CT molecular complexity index is 722. The van der Waals surface area contributed by atoms with Gasteiger partial charge >= 0.3 is 11.9 Å². The predicted octanol–water partition coefficient (Wildman–Crippen LogP) is 8.79. The van der Waals surface area contributed by atoms with Gasteiger partial charge < -0.3 is 24.6 Å². The lowest BCUT2D eigenvalue weighted by Crippen LogP contribution is -2.52. The van der Waals surface area contributed by atoms with Gasteiger partial charge in [0.2, 0.25) is 0 Å². The van der Waals surface area contributed by atoms with Crippen LogP contribution in [0, 0.1) is 17.8 Å². The first kappa shape index (κ1) is 43.1. The minimum atomic E-state index is -1.07. The molecule has 0 saturated carbocycles. The van der Waals surface area contributed by atoms with E-state index < -0.39 is 35.7 Å². The molecule has 264 valence electrons. The Balaban J connectivity index is 4.31. The number of hydrogen-bond donors (Lipinski definition) is 2. The molecule has 0 aliphatic rings. The maximum Gasteiger partial charge on any atom is 0.306 e. The number of hydrogen-bond acceptors (Lipinski definition) is 4. The molecule has 7 nitrogen and oxygen atoms in total. The minimum Gasteiger partial charge on any atom is -0.550 e. The van der Waals surface area contributed by atoms with Gasteiger partial charge in [-0.2, -0.15) is 0 Å². The summed E-state index contributed by atoms with van der Waals surface area (Å²) >= 11 is 0. The van der Waals surface area contributed by atoms with Crippen LogP contribution in [0.3, 0.4) is 0 Å². The summed E-state index contributed by atoms with van der Waals surface area (Å²) in [5.41, 5.74) is 0. The minimum absolute atomic E-state index is 0.447. The quantitative estimate of drug-likeness (QED) is 0.0422. The van der Waals surface area contributed by atoms with Crippen LogP contribution in [0.5, 0.6) is 0 Å². The topological polar surface area (TPSA) is 115 Å². The molecule has 0 saturated heterocycles. The molecule has 3 unspecified atom stereocenters. The highest BCUT2D eigenvalue weighted by molar-refractivity contribution is 5.69. The molecule has 0 bridgehead atoms. The second-order valence-electron chi connectivity index (χ2n) is 14.0. The first-order valence-electron chi connectivity index (χ1n) is 18.7. The van der Waals surface area contributed by atoms with Crippen molar-refractivity contribution < 1.29 is 34.2 Å². The summed E-state index contributed by atoms with van der Waals surface area (Å²) in [6.45, 7) is 9.97. The third-order valence-corrected chi connectivity index (χ3v) is 9.73. The number of rotatable bonds is 33. The first-order valence-corrected chi connectivity index (χ1v) is 18.7. The summed E-state index contributed by atoms with van der Waals surface area (Å²) in [4.78, 5) is 34.4. The van der Waals surface area contributed by atoms with Crippen molar-refractivity contribution in [2.75, 3.05) is 26.2 Å². The zero-order valence-corrected chi connectivity index (χ0v) is 29.7. The van der Waals surface area contributed by atoms with Gasteiger partial charge in [-0.15, -0.1) is 0 Å². The highest BCUT2D eigenvalue weighted by Gasteiger charge is 2.30. The van der Waals surface area contributed by atoms with Crippen LogP contribution in [0.1, 0.15) is 169 Å². The molecule has 0 aromatic heterocycles. The van der Waals surface area contributed by atoms with Crippen LogP contribution in [-0.4, -0.2) is 58.8 Å². The summed E-state index contributed by atoms with van der Waals surface area (Å²) in [7, 11) is 0. The van der Waals surface area contributed by atoms with Crippen molar-refractivity contribution in [3.63, 3.8) is 0 Å². The lowest BCUT2D eigenvalue weighted by Gasteiger charge is -2.41. The Labute approximate surface area is 276 Å². The van der Waals surface area contributed by atoms with Gasteiger partial charge in [-0.25, -0.2) is 0 Å². The van der Waals surface area contributed by atoms with Crippen molar-refractivity contribution in [3.05, 3.63) is 12.2 Å². The molecule has 0 fully saturated rings. The molecule has 0 amide bonds. The van der Waals surface area contributed by atoms with E-state index >= 15 is 0 Å². The van der Waals surface area contributed by atoms with E-state index in [0.29, 0.717) is 43.4 Å². The highest BCUT2D eigenvalue weighted by atomic mass is 16.4. The average molecular weight is 638 g/mol. The SMILES string of the molecule is CCC/C=C/CCCCCCCCCCCCCCCCCC[N+](CCC(C)C(=O)[O-])(CCC(C)C(=O)O)CCC(C)C(=O)O. The molecular formula is C38H71NO6. The van der Waals surface area contributed by atoms with Gasteiger partial charge in [0.1, 0.15) is 0 Å². The molecule has 0 heterocycles. The fourth-order valence-corrected chi connectivity index (χ4v) is 6.02. The number of nitrogens with zero attached hydrogens (tertiary/aromatic N) is 1. The van der Waals surface area contributed by atoms with Gasteiger partial charge in [0.25, 0.3) is 0 Å². The van der Waals surface area contributed by atoms with Crippen molar-refractivity contribution in [2.24, 2.45) is 17.8 Å². The zero-order valence-electron chi connectivity index (χ0n) is 29.7. The summed E-state index contributed by atoms with van der Waals surface area (Å²) in [6, 6.07) is 0. The van der Waals surface area contributed by atoms with Crippen LogP contribution in [0.2, 0.25) is 0 Å². The molecule has 7 heteroatoms. The Morgan fingerprint density at radius 1 is 0.533 bits per heavy atom. The standard InChI is InChI=1S/C38H71NO6/c1-5-6-7-8-9-10-11-12-13-14-15-16-17-18-19-20-21-22-23-24-25-29-39(30-26-33(2)36(40)41,31-27-34(3)37(42)43)32-28-35(4)38(44)45/h7-8,33-35H,5-6,9-32H2,1-4H3,(H2-,40,41,42,43,44,45)/b8-7+. The molecule has 0 rings (SSSR count). The second-order valence-corrected chi connectivity index (χ2v) is 14.0. The molecule has 3 atom stereocenters. The third-order valence-electron chi connectivity index (χ3n) is 9.73. The van der Waals surface area contributed by atoms with Crippen LogP contribution < -0.4 is 5.11 Å². The number of allylic oxidation sites excluding steroid dienone is 2. The first-order chi connectivity index (χ1) is 21.5. The molecule has 45 heavy (non-hydrogen) atoms. The molecule has 0 spiro atoms. The summed E-state index contributed by atoms with van der Waals surface area (Å²) in [5, 5.41) is 30.3. The van der Waals surface area contributed by atoms with Crippen molar-refractivity contribution >= 4 is 17.9 Å². The fourth-order valence-electron chi connectivity index (χ4n) is 6.02. The number of carbonyl (C=O) groups is 3. The molecule has 0 aromatic rings. The maximum absolute atomic E-state index is 11.5. The van der Waals surface area contributed by atoms with Crippen LogP contribution >= 0.6 is 0 Å². The van der Waals surface area contributed by atoms with Crippen molar-refractivity contribution in [2.45, 2.75) is 169 Å². The summed E-state index contributed by atoms with van der Waals surface area (Å²) < 4.78 is 0.587. The van der Waals surface area contributed by atoms with Gasteiger partial charge in [-0.05, 0) is 32.1 Å². The van der Waals surface area contributed by atoms with Gasteiger partial charge in [0.05, 0.1) is 38.0 Å². The van der Waals surface area contributed by atoms with Gasteiger partial charge in [-0.1, -0.05) is 130 Å². The second kappa shape index (κ2) is 28.3. The van der Waals surface area contributed by atoms with Gasteiger partial charge in [-0.3, -0.25) is 9.59 Å². The Morgan fingerprint density at radius 2 is 0.867 bits per heavy atom. The van der Waals surface area contributed by atoms with E-state index in [9.17, 15) is 29.7 Å². The Morgan fingerprint density at radius 3 is 1.22 bits per heavy atom. The van der Waals surface area contributed by atoms with E-state index in [1.807, 2.05) is 0 Å². The predicted molar refractivity (Wildman–Crippen MR) is 184 cm³/mol. The monoisotopic (exact) mass is 638 g/mol. The fraction of sp³-hybridized carbons (Fsp3) is 0.868. The average Bonchev–Trinajstić information content (AvgIpc) is 3.01. The molecule has 0 aliphatic heterocycles. The van der Waals surface area contributed by atoms with Gasteiger partial charge in [0, 0.05) is 31.1 Å². The molecule has 0 aromatic carbocycles. The highest BCUT2D eigenvalue weighted by Crippen LogP contribution is 2.22. The Kier molecular flexibility index (Phi) is 27.2. The van der Waals surface area contributed by atoms with Crippen LogP contribution in [0.15, 0.2) is 12.2 Å². The molecule has 0 aliphatic carbocycles. The number of unbranched alkanes of at least 4 members (excludes halogenated alkanes) is 17. The van der Waals surface area contributed by atoms with E-state index in [1.54, 1.807) is 20.8 Å². The third kappa shape index (κ3) is 24.9. The van der Waals surface area contributed by atoms with E-state index in [0.717, 1.165) is 19.4 Å². The largest absolute Gasteiger partial charge is 0.550 e. The molecular weight excluding hydrogens is 566 g/mol. The van der Waals surface area contributed by atoms with E-state index in [4.69, 9.17) is 0 Å². The number of quaternary nitrogens is 1. The van der Waals surface area contributed by atoms with E-state index in [2.05, 4.69) is 19.1 Å². The summed E-state index contributed by atoms with van der Waals surface area (Å²) in [6.07, 6.45) is 30.5. The van der Waals surface area contributed by atoms with E-state index in [-0.39, 0.29) is 0 Å². The normalized spacial score (nSPS) is 15.1. The number of aliphatic carboxylic acids is 3. The van der Waals surface area contributed by atoms with Gasteiger partial charge in [0.15, 0.2) is 0 Å². The molecule has 0 radical (unpaired) electrons. The Hall–Kier alpha value is -1.89. The number of carboxylic acid groups (broad SMARTS) is 3. The molecule has 2 N–H and O–H groups in total. The van der Waals surface area contributed by atoms with Crippen LogP contribution in [0.25, 0.3) is 0 Å². The lowest BCUT2D eigenvalue weighted by molar-refractivity contribution is -0.929. The summed E-state index contributed by atoms with van der Waals surface area (Å²) in [5.74, 6) is -4.30. The van der Waals surface area contributed by atoms with Crippen molar-refractivity contribution in [3.8, 4) is 0 Å².